The quantitative estimate of drug-likeness (QED) is 0.169. The number of rotatable bonds is 8. The van der Waals surface area contributed by atoms with Gasteiger partial charge in [0.1, 0.15) is 6.17 Å². The van der Waals surface area contributed by atoms with Gasteiger partial charge in [-0.3, -0.25) is 0 Å². The number of anilines is 1. The van der Waals surface area contributed by atoms with Crippen LogP contribution in [-0.4, -0.2) is 0 Å². The minimum atomic E-state index is 0.0281. The number of hydrogen-bond acceptors (Lipinski definition) is 2. The summed E-state index contributed by atoms with van der Waals surface area (Å²) in [6.07, 6.45) is 0.0281. The van der Waals surface area contributed by atoms with E-state index >= 15 is 0 Å². The molecule has 0 spiro atoms. The maximum absolute atomic E-state index is 3.75. The summed E-state index contributed by atoms with van der Waals surface area (Å²) in [5.74, 6) is 0. The normalized spacial score (nSPS) is 13.9. The lowest BCUT2D eigenvalue weighted by atomic mass is 9.86. The van der Waals surface area contributed by atoms with Crippen LogP contribution in [0.5, 0.6) is 0 Å². The molecule has 8 aromatic carbocycles. The molecule has 0 aromatic heterocycles. The van der Waals surface area contributed by atoms with E-state index < -0.39 is 0 Å². The van der Waals surface area contributed by atoms with Crippen molar-refractivity contribution in [1.82, 2.24) is 5.32 Å². The summed E-state index contributed by atoms with van der Waals surface area (Å²) in [6.45, 7) is 4.35. The van der Waals surface area contributed by atoms with Crippen LogP contribution in [0.3, 0.4) is 0 Å². The second-order valence-corrected chi connectivity index (χ2v) is 14.3. The van der Waals surface area contributed by atoms with Crippen LogP contribution in [0.1, 0.15) is 25.6 Å². The van der Waals surface area contributed by atoms with E-state index in [4.69, 9.17) is 0 Å². The highest BCUT2D eigenvalue weighted by atomic mass is 15.3. The van der Waals surface area contributed by atoms with E-state index in [0.29, 0.717) is 0 Å². The van der Waals surface area contributed by atoms with Crippen molar-refractivity contribution in [2.45, 2.75) is 20.0 Å². The van der Waals surface area contributed by atoms with E-state index in [0.717, 1.165) is 0 Å². The van der Waals surface area contributed by atoms with Crippen molar-refractivity contribution in [1.29, 1.82) is 0 Å². The van der Waals surface area contributed by atoms with Gasteiger partial charge >= 0.3 is 0 Å². The van der Waals surface area contributed by atoms with E-state index in [1.165, 1.54) is 89.4 Å². The summed E-state index contributed by atoms with van der Waals surface area (Å²) in [4.78, 5) is 2.39. The third-order valence-electron chi connectivity index (χ3n) is 10.9. The summed E-state index contributed by atoms with van der Waals surface area (Å²) >= 11 is 0. The average molecular weight is 707 g/mol. The van der Waals surface area contributed by atoms with Crippen LogP contribution in [0.25, 0.3) is 66.8 Å². The zero-order valence-corrected chi connectivity index (χ0v) is 31.2. The minimum Gasteiger partial charge on any atom is -0.363 e. The zero-order valence-electron chi connectivity index (χ0n) is 31.2. The molecule has 1 heterocycles. The zero-order chi connectivity index (χ0) is 37.1. The second kappa shape index (κ2) is 14.9. The van der Waals surface area contributed by atoms with Gasteiger partial charge in [-0.05, 0) is 117 Å². The topological polar surface area (TPSA) is 15.3 Å². The molecule has 1 unspecified atom stereocenters. The Labute approximate surface area is 324 Å². The Bertz CT molecular complexity index is 2520. The molecule has 0 saturated carbocycles. The molecule has 1 aliphatic heterocycles. The van der Waals surface area contributed by atoms with Gasteiger partial charge in [0.2, 0.25) is 0 Å². The van der Waals surface area contributed by atoms with Crippen molar-refractivity contribution in [2.75, 3.05) is 4.90 Å². The fourth-order valence-corrected chi connectivity index (χ4v) is 8.05. The Balaban J connectivity index is 1.17. The monoisotopic (exact) mass is 706 g/mol. The average Bonchev–Trinajstić information content (AvgIpc) is 3.57. The molecule has 0 radical (unpaired) electrons. The number of nitrogens with zero attached hydrogens (tertiary/aromatic N) is 1. The molecule has 0 saturated heterocycles. The van der Waals surface area contributed by atoms with Crippen LogP contribution < -0.4 is 10.2 Å². The van der Waals surface area contributed by atoms with E-state index in [1.807, 2.05) is 0 Å². The fraction of sp³-hybridized carbons (Fsp3) is 0.0566. The summed E-state index contributed by atoms with van der Waals surface area (Å²) in [6, 6.07) is 74.7. The van der Waals surface area contributed by atoms with Gasteiger partial charge in [-0.2, -0.15) is 0 Å². The second-order valence-electron chi connectivity index (χ2n) is 14.3. The van der Waals surface area contributed by atoms with E-state index in [9.17, 15) is 0 Å². The van der Waals surface area contributed by atoms with Crippen molar-refractivity contribution in [3.05, 3.63) is 223 Å². The van der Waals surface area contributed by atoms with Crippen LogP contribution in [0.4, 0.5) is 5.69 Å². The first-order valence-electron chi connectivity index (χ1n) is 19.1. The van der Waals surface area contributed by atoms with Gasteiger partial charge in [0, 0.05) is 17.1 Å². The van der Waals surface area contributed by atoms with Gasteiger partial charge in [-0.25, -0.2) is 0 Å². The molecular formula is C53H42N2. The first-order chi connectivity index (χ1) is 27.1. The van der Waals surface area contributed by atoms with Crippen LogP contribution >= 0.6 is 0 Å². The predicted octanol–water partition coefficient (Wildman–Crippen LogP) is 14.0. The SMILES string of the molecule is CC1=C(C)N(c2ccccc2)C(c2ccc(-c3ccccc3-c3cc(-c4ccccc4-c4ccccc4)cc(-c4ccccc4-c4ccccc4)c3)cc2)N1. The van der Waals surface area contributed by atoms with Crippen molar-refractivity contribution in [2.24, 2.45) is 0 Å². The van der Waals surface area contributed by atoms with Gasteiger partial charge < -0.3 is 10.2 Å². The van der Waals surface area contributed by atoms with E-state index in [-0.39, 0.29) is 6.17 Å². The Morgan fingerprint density at radius 1 is 0.345 bits per heavy atom. The summed E-state index contributed by atoms with van der Waals surface area (Å²) in [5.41, 5.74) is 19.3. The van der Waals surface area contributed by atoms with Gasteiger partial charge in [0.05, 0.1) is 0 Å². The lowest BCUT2D eigenvalue weighted by molar-refractivity contribution is 0.645. The lowest BCUT2D eigenvalue weighted by Gasteiger charge is -2.28. The minimum absolute atomic E-state index is 0.0281. The molecule has 0 amide bonds. The van der Waals surface area contributed by atoms with E-state index in [1.54, 1.807) is 0 Å². The third kappa shape index (κ3) is 6.64. The Hall–Kier alpha value is -6.90. The molecule has 1 aliphatic rings. The molecular weight excluding hydrogens is 665 g/mol. The number of allylic oxidation sites excluding steroid dienone is 2. The number of nitrogens with one attached hydrogen (secondary N) is 1. The fourth-order valence-electron chi connectivity index (χ4n) is 8.05. The molecule has 2 nitrogen and oxygen atoms in total. The van der Waals surface area contributed by atoms with Crippen molar-refractivity contribution >= 4 is 5.69 Å². The van der Waals surface area contributed by atoms with Crippen LogP contribution in [-0.2, 0) is 0 Å². The van der Waals surface area contributed by atoms with Crippen LogP contribution in [0, 0.1) is 0 Å². The van der Waals surface area contributed by atoms with Crippen molar-refractivity contribution in [3.8, 4) is 66.8 Å². The first-order valence-corrected chi connectivity index (χ1v) is 19.1. The summed E-state index contributed by atoms with van der Waals surface area (Å²) < 4.78 is 0. The first kappa shape index (κ1) is 33.9. The maximum Gasteiger partial charge on any atom is 0.130 e. The van der Waals surface area contributed by atoms with Gasteiger partial charge in [-0.15, -0.1) is 0 Å². The Kier molecular flexibility index (Phi) is 9.15. The summed E-state index contributed by atoms with van der Waals surface area (Å²) in [7, 11) is 0. The highest BCUT2D eigenvalue weighted by Crippen LogP contribution is 2.43. The van der Waals surface area contributed by atoms with Gasteiger partial charge in [-0.1, -0.05) is 176 Å². The van der Waals surface area contributed by atoms with Crippen LogP contribution in [0.15, 0.2) is 218 Å². The number of para-hydroxylation sites is 1. The van der Waals surface area contributed by atoms with Gasteiger partial charge in [0.15, 0.2) is 0 Å². The number of benzene rings is 8. The molecule has 0 fully saturated rings. The molecule has 0 aliphatic carbocycles. The molecule has 264 valence electrons. The van der Waals surface area contributed by atoms with Gasteiger partial charge in [0.25, 0.3) is 0 Å². The highest BCUT2D eigenvalue weighted by Gasteiger charge is 2.29. The smallest absolute Gasteiger partial charge is 0.130 e. The highest BCUT2D eigenvalue weighted by molar-refractivity contribution is 5.94. The maximum atomic E-state index is 3.75. The molecule has 2 heteroatoms. The lowest BCUT2D eigenvalue weighted by Crippen LogP contribution is -2.28. The largest absolute Gasteiger partial charge is 0.363 e. The standard InChI is InChI=1S/C53H42N2/c1-37-38(2)55(46-22-10-5-11-23-46)53(54-37)42-32-30-41(31-33-42)49-26-14-17-29-52(49)45-35-43(50-27-15-12-24-47(50)39-18-6-3-7-19-39)34-44(36-45)51-28-16-13-25-48(51)40-20-8-4-9-21-40/h3-36,53-54H,1-2H3. The third-order valence-corrected chi connectivity index (χ3v) is 10.9. The molecule has 1 atom stereocenters. The van der Waals surface area contributed by atoms with Crippen LogP contribution in [0.2, 0.25) is 0 Å². The predicted molar refractivity (Wildman–Crippen MR) is 232 cm³/mol. The number of hydrogen-bond donors (Lipinski definition) is 1. The molecule has 8 aromatic rings. The van der Waals surface area contributed by atoms with Crippen molar-refractivity contribution in [3.63, 3.8) is 0 Å². The Morgan fingerprint density at radius 2 is 0.673 bits per heavy atom. The Morgan fingerprint density at radius 3 is 1.07 bits per heavy atom. The molecule has 1 N–H and O–H groups in total. The summed E-state index contributed by atoms with van der Waals surface area (Å²) in [5, 5.41) is 3.75. The molecule has 9 rings (SSSR count). The molecule has 0 bridgehead atoms. The van der Waals surface area contributed by atoms with E-state index in [2.05, 4.69) is 230 Å². The van der Waals surface area contributed by atoms with Crippen molar-refractivity contribution < 1.29 is 0 Å². The molecule has 55 heavy (non-hydrogen) atoms.